The van der Waals surface area contributed by atoms with Crippen LogP contribution >= 0.6 is 11.8 Å². The second kappa shape index (κ2) is 8.48. The van der Waals surface area contributed by atoms with Gasteiger partial charge >= 0.3 is 5.51 Å². The van der Waals surface area contributed by atoms with Crippen LogP contribution in [0.1, 0.15) is 42.9 Å². The van der Waals surface area contributed by atoms with Crippen LogP contribution in [0.5, 0.6) is 0 Å². The molecule has 0 aliphatic carbocycles. The van der Waals surface area contributed by atoms with E-state index in [9.17, 15) is 22.8 Å². The Labute approximate surface area is 170 Å². The number of amides is 1. The Balaban J connectivity index is 2.30. The second-order valence-corrected chi connectivity index (χ2v) is 8.88. The zero-order valence-corrected chi connectivity index (χ0v) is 17.5. The van der Waals surface area contributed by atoms with Crippen molar-refractivity contribution < 1.29 is 18.0 Å². The van der Waals surface area contributed by atoms with Crippen molar-refractivity contribution in [3.05, 3.63) is 51.9 Å². The molecule has 0 unspecified atom stereocenters. The molecule has 2 N–H and O–H groups in total. The van der Waals surface area contributed by atoms with Crippen LogP contribution in [-0.4, -0.2) is 35.5 Å². The fourth-order valence-electron chi connectivity index (χ4n) is 2.64. The zero-order valence-electron chi connectivity index (χ0n) is 16.7. The SMILES string of the molecule is CN(C)c1nc(C(=O)N[C@@H](c2ccc(SC(F)(F)F)cc2)C(C)(C)C)cc(=O)[nH]1. The van der Waals surface area contributed by atoms with Gasteiger partial charge in [-0.25, -0.2) is 4.98 Å². The minimum absolute atomic E-state index is 0.0454. The number of aromatic nitrogens is 2. The van der Waals surface area contributed by atoms with Gasteiger partial charge in [0, 0.05) is 25.1 Å². The fourth-order valence-corrected chi connectivity index (χ4v) is 3.18. The van der Waals surface area contributed by atoms with Crippen molar-refractivity contribution in [2.45, 2.75) is 37.2 Å². The van der Waals surface area contributed by atoms with Gasteiger partial charge in [-0.3, -0.25) is 14.6 Å². The lowest BCUT2D eigenvalue weighted by atomic mass is 9.82. The fraction of sp³-hybridized carbons (Fsp3) is 0.421. The summed E-state index contributed by atoms with van der Waals surface area (Å²) in [5.74, 6) is -0.309. The van der Waals surface area contributed by atoms with E-state index < -0.39 is 28.4 Å². The third-order valence-electron chi connectivity index (χ3n) is 3.97. The number of H-pyrrole nitrogens is 1. The predicted molar refractivity (Wildman–Crippen MR) is 107 cm³/mol. The van der Waals surface area contributed by atoms with Crippen LogP contribution < -0.4 is 15.8 Å². The standard InChI is InChI=1S/C19H23F3N4O2S/c1-18(2,3)15(11-6-8-12(9-7-11)29-19(20,21)22)25-16(28)13-10-14(27)24-17(23-13)26(4)5/h6-10,15H,1-5H3,(H,25,28)(H,23,24,27)/t15-/m0/s1. The van der Waals surface area contributed by atoms with Crippen LogP contribution in [0.4, 0.5) is 19.1 Å². The average molecular weight is 428 g/mol. The molecule has 0 radical (unpaired) electrons. The molecule has 1 atom stereocenters. The topological polar surface area (TPSA) is 78.1 Å². The summed E-state index contributed by atoms with van der Waals surface area (Å²) in [6.45, 7) is 5.69. The highest BCUT2D eigenvalue weighted by atomic mass is 32.2. The number of halogens is 3. The summed E-state index contributed by atoms with van der Waals surface area (Å²) in [5.41, 5.74) is -4.67. The third-order valence-corrected chi connectivity index (χ3v) is 4.71. The number of nitrogens with one attached hydrogen (secondary N) is 2. The van der Waals surface area contributed by atoms with Crippen molar-refractivity contribution in [2.75, 3.05) is 19.0 Å². The van der Waals surface area contributed by atoms with Crippen molar-refractivity contribution in [2.24, 2.45) is 5.41 Å². The van der Waals surface area contributed by atoms with Gasteiger partial charge in [0.05, 0.1) is 6.04 Å². The summed E-state index contributed by atoms with van der Waals surface area (Å²) in [5, 5.41) is 2.85. The molecule has 1 aromatic carbocycles. The van der Waals surface area contributed by atoms with Gasteiger partial charge in [0.1, 0.15) is 5.69 Å². The summed E-state index contributed by atoms with van der Waals surface area (Å²) < 4.78 is 37.6. The van der Waals surface area contributed by atoms with Gasteiger partial charge in [-0.1, -0.05) is 32.9 Å². The highest BCUT2D eigenvalue weighted by Crippen LogP contribution is 2.38. The molecule has 0 bridgehead atoms. The maximum atomic E-state index is 12.8. The molecule has 0 aliphatic heterocycles. The largest absolute Gasteiger partial charge is 0.446 e. The number of aromatic amines is 1. The van der Waals surface area contributed by atoms with Gasteiger partial charge in [0.25, 0.3) is 11.5 Å². The molecule has 0 saturated carbocycles. The van der Waals surface area contributed by atoms with Gasteiger partial charge in [-0.15, -0.1) is 0 Å². The minimum atomic E-state index is -4.37. The van der Waals surface area contributed by atoms with E-state index in [2.05, 4.69) is 15.3 Å². The van der Waals surface area contributed by atoms with Crippen LogP contribution in [0.25, 0.3) is 0 Å². The smallest absolute Gasteiger partial charge is 0.348 e. The van der Waals surface area contributed by atoms with Crippen molar-refractivity contribution in [1.82, 2.24) is 15.3 Å². The number of thioether (sulfide) groups is 1. The van der Waals surface area contributed by atoms with Crippen molar-refractivity contribution >= 4 is 23.6 Å². The highest BCUT2D eigenvalue weighted by molar-refractivity contribution is 8.00. The summed E-state index contributed by atoms with van der Waals surface area (Å²) >= 11 is -0.195. The Morgan fingerprint density at radius 3 is 2.24 bits per heavy atom. The number of anilines is 1. The number of carbonyl (C=O) groups excluding carboxylic acids is 1. The first kappa shape index (κ1) is 22.8. The normalized spacial score (nSPS) is 13.1. The number of alkyl halides is 3. The Kier molecular flexibility index (Phi) is 6.67. The first-order chi connectivity index (χ1) is 13.3. The molecule has 0 saturated heterocycles. The van der Waals surface area contributed by atoms with Gasteiger partial charge in [0.2, 0.25) is 5.95 Å². The lowest BCUT2D eigenvalue weighted by Gasteiger charge is -2.32. The number of rotatable bonds is 5. The number of hydrogen-bond donors (Lipinski definition) is 2. The number of hydrogen-bond acceptors (Lipinski definition) is 5. The van der Waals surface area contributed by atoms with Crippen LogP contribution in [0, 0.1) is 5.41 Å². The first-order valence-electron chi connectivity index (χ1n) is 8.71. The number of nitrogens with zero attached hydrogens (tertiary/aromatic N) is 2. The van der Waals surface area contributed by atoms with E-state index in [1.165, 1.54) is 12.1 Å². The lowest BCUT2D eigenvalue weighted by Crippen LogP contribution is -2.37. The maximum absolute atomic E-state index is 12.8. The summed E-state index contributed by atoms with van der Waals surface area (Å²) in [6.07, 6.45) is 0. The third kappa shape index (κ3) is 6.52. The molecule has 0 spiro atoms. The molecule has 0 fully saturated rings. The van der Waals surface area contributed by atoms with Gasteiger partial charge in [-0.2, -0.15) is 13.2 Å². The van der Waals surface area contributed by atoms with Gasteiger partial charge in [0.15, 0.2) is 0 Å². The molecule has 1 aromatic heterocycles. The summed E-state index contributed by atoms with van der Waals surface area (Å²) in [6, 6.07) is 6.44. The molecule has 29 heavy (non-hydrogen) atoms. The van der Waals surface area contributed by atoms with E-state index in [0.717, 1.165) is 6.07 Å². The molecule has 6 nitrogen and oxygen atoms in total. The molecule has 2 rings (SSSR count). The van der Waals surface area contributed by atoms with E-state index >= 15 is 0 Å². The van der Waals surface area contributed by atoms with Gasteiger partial charge < -0.3 is 10.2 Å². The Morgan fingerprint density at radius 2 is 1.76 bits per heavy atom. The van der Waals surface area contributed by atoms with Crippen LogP contribution in [0.2, 0.25) is 0 Å². The van der Waals surface area contributed by atoms with Crippen LogP contribution in [0.3, 0.4) is 0 Å². The first-order valence-corrected chi connectivity index (χ1v) is 9.53. The van der Waals surface area contributed by atoms with E-state index in [1.54, 1.807) is 31.1 Å². The lowest BCUT2D eigenvalue weighted by molar-refractivity contribution is -0.0328. The zero-order chi connectivity index (χ0) is 22.0. The van der Waals surface area contributed by atoms with Crippen molar-refractivity contribution in [3.63, 3.8) is 0 Å². The summed E-state index contributed by atoms with van der Waals surface area (Å²) in [4.78, 5) is 32.9. The molecule has 158 valence electrons. The van der Waals surface area contributed by atoms with Gasteiger partial charge in [-0.05, 0) is 34.9 Å². The van der Waals surface area contributed by atoms with E-state index in [1.807, 2.05) is 20.8 Å². The highest BCUT2D eigenvalue weighted by Gasteiger charge is 2.31. The molecule has 1 heterocycles. The van der Waals surface area contributed by atoms with Crippen LogP contribution in [0.15, 0.2) is 40.0 Å². The minimum Gasteiger partial charge on any atom is -0.348 e. The molecular formula is C19H23F3N4O2S. The quantitative estimate of drug-likeness (QED) is 0.705. The Hall–Kier alpha value is -2.49. The Bertz CT molecular complexity index is 919. The molecular weight excluding hydrogens is 405 g/mol. The van der Waals surface area contributed by atoms with Crippen LogP contribution in [-0.2, 0) is 0 Å². The van der Waals surface area contributed by atoms with E-state index in [-0.39, 0.29) is 28.3 Å². The maximum Gasteiger partial charge on any atom is 0.446 e. The second-order valence-electron chi connectivity index (χ2n) is 7.74. The predicted octanol–water partition coefficient (Wildman–Crippen LogP) is 3.97. The van der Waals surface area contributed by atoms with Crippen molar-refractivity contribution in [3.8, 4) is 0 Å². The Morgan fingerprint density at radius 1 is 1.17 bits per heavy atom. The molecule has 10 heteroatoms. The number of benzene rings is 1. The molecule has 1 amide bonds. The molecule has 0 aliphatic rings. The monoisotopic (exact) mass is 428 g/mol. The van der Waals surface area contributed by atoms with Crippen molar-refractivity contribution in [1.29, 1.82) is 0 Å². The molecule has 2 aromatic rings. The van der Waals surface area contributed by atoms with E-state index in [4.69, 9.17) is 0 Å². The summed E-state index contributed by atoms with van der Waals surface area (Å²) in [7, 11) is 3.36. The average Bonchev–Trinajstić information content (AvgIpc) is 2.57. The van der Waals surface area contributed by atoms with E-state index in [0.29, 0.717) is 5.56 Å². The number of carbonyl (C=O) groups is 1.